The minimum Gasteiger partial charge on any atom is -0.473 e. The molecule has 3 aromatic heterocycles. The summed E-state index contributed by atoms with van der Waals surface area (Å²) >= 11 is 1.75. The van der Waals surface area contributed by atoms with Crippen molar-refractivity contribution in [2.24, 2.45) is 0 Å². The first-order valence-corrected chi connectivity index (χ1v) is 13.6. The zero-order chi connectivity index (χ0) is 26.1. The molecule has 5 heterocycles. The molecule has 0 saturated carbocycles. The van der Waals surface area contributed by atoms with Gasteiger partial charge in [0.05, 0.1) is 42.0 Å². The predicted molar refractivity (Wildman–Crippen MR) is 144 cm³/mol. The van der Waals surface area contributed by atoms with Crippen LogP contribution in [0.2, 0.25) is 0 Å². The number of fused-ring (bicyclic) bond motifs is 1. The van der Waals surface area contributed by atoms with Crippen molar-refractivity contribution < 1.29 is 13.9 Å². The van der Waals surface area contributed by atoms with Crippen LogP contribution < -0.4 is 4.74 Å². The van der Waals surface area contributed by atoms with Crippen molar-refractivity contribution in [1.82, 2.24) is 19.4 Å². The lowest BCUT2D eigenvalue weighted by Crippen LogP contribution is -2.33. The Morgan fingerprint density at radius 3 is 2.87 bits per heavy atom. The molecule has 1 fully saturated rings. The van der Waals surface area contributed by atoms with Crippen LogP contribution in [0.3, 0.4) is 0 Å². The topological polar surface area (TPSA) is 76.2 Å². The van der Waals surface area contributed by atoms with Gasteiger partial charge in [-0.3, -0.25) is 4.90 Å². The summed E-state index contributed by atoms with van der Waals surface area (Å²) < 4.78 is 28.0. The number of aryl methyl sites for hydroxylation is 1. The predicted octanol–water partition coefficient (Wildman–Crippen LogP) is 5.47. The number of nitriles is 1. The fourth-order valence-corrected chi connectivity index (χ4v) is 5.78. The van der Waals surface area contributed by atoms with Crippen LogP contribution in [0.25, 0.3) is 15.9 Å². The summed E-state index contributed by atoms with van der Waals surface area (Å²) in [7, 11) is 0. The zero-order valence-corrected chi connectivity index (χ0v) is 22.0. The number of thiophene rings is 1. The lowest BCUT2D eigenvalue weighted by Gasteiger charge is -2.29. The molecule has 1 unspecified atom stereocenters. The van der Waals surface area contributed by atoms with Crippen LogP contribution in [0.15, 0.2) is 48.5 Å². The van der Waals surface area contributed by atoms with Crippen LogP contribution >= 0.6 is 11.3 Å². The maximum absolute atomic E-state index is 14.2. The number of hydrogen-bond donors (Lipinski definition) is 0. The average molecular weight is 530 g/mol. The molecular formula is C29H28FN5O2S. The highest BCUT2D eigenvalue weighted by Gasteiger charge is 2.24. The number of halogens is 1. The fourth-order valence-electron chi connectivity index (χ4n) is 4.88. The molecule has 4 aromatic rings. The van der Waals surface area contributed by atoms with Crippen molar-refractivity contribution in [3.63, 3.8) is 0 Å². The molecule has 2 aliphatic heterocycles. The van der Waals surface area contributed by atoms with Crippen LogP contribution in [0.1, 0.15) is 40.4 Å². The van der Waals surface area contributed by atoms with Crippen LogP contribution in [-0.4, -0.2) is 45.2 Å². The molecule has 1 saturated heterocycles. The Balaban J connectivity index is 1.11. The first kappa shape index (κ1) is 24.7. The van der Waals surface area contributed by atoms with Crippen molar-refractivity contribution in [2.75, 3.05) is 19.7 Å². The van der Waals surface area contributed by atoms with Crippen LogP contribution in [-0.2, 0) is 24.4 Å². The maximum Gasteiger partial charge on any atom is 0.214 e. The smallest absolute Gasteiger partial charge is 0.214 e. The van der Waals surface area contributed by atoms with E-state index in [1.807, 2.05) is 18.2 Å². The van der Waals surface area contributed by atoms with Gasteiger partial charge in [0.1, 0.15) is 23.1 Å². The van der Waals surface area contributed by atoms with Gasteiger partial charge in [-0.2, -0.15) is 5.26 Å². The van der Waals surface area contributed by atoms with E-state index in [0.29, 0.717) is 11.4 Å². The molecule has 0 bridgehead atoms. The number of nitrogens with zero attached hydrogens (tertiary/aromatic N) is 5. The summed E-state index contributed by atoms with van der Waals surface area (Å²) in [6.45, 7) is 6.42. The zero-order valence-electron chi connectivity index (χ0n) is 21.2. The Morgan fingerprint density at radius 2 is 2.13 bits per heavy atom. The number of aromatic nitrogens is 3. The number of pyridine rings is 1. The highest BCUT2D eigenvalue weighted by Crippen LogP contribution is 2.29. The first-order chi connectivity index (χ1) is 18.6. The highest BCUT2D eigenvalue weighted by molar-refractivity contribution is 7.18. The van der Waals surface area contributed by atoms with E-state index in [1.165, 1.54) is 22.0 Å². The molecule has 1 aromatic carbocycles. The molecular weight excluding hydrogens is 501 g/mol. The van der Waals surface area contributed by atoms with E-state index in [1.54, 1.807) is 29.5 Å². The van der Waals surface area contributed by atoms with E-state index in [2.05, 4.69) is 33.5 Å². The molecule has 38 heavy (non-hydrogen) atoms. The second-order valence-corrected chi connectivity index (χ2v) is 11.0. The van der Waals surface area contributed by atoms with Crippen molar-refractivity contribution in [1.29, 1.82) is 5.26 Å². The van der Waals surface area contributed by atoms with E-state index in [9.17, 15) is 4.39 Å². The van der Waals surface area contributed by atoms with Crippen molar-refractivity contribution in [3.05, 3.63) is 81.9 Å². The normalized spacial score (nSPS) is 17.7. The molecule has 194 valence electrons. The lowest BCUT2D eigenvalue weighted by molar-refractivity contribution is -0.0591. The Labute approximate surface area is 224 Å². The van der Waals surface area contributed by atoms with E-state index < -0.39 is 5.82 Å². The molecule has 0 amide bonds. The quantitative estimate of drug-likeness (QED) is 0.301. The van der Waals surface area contributed by atoms with E-state index in [4.69, 9.17) is 19.7 Å². The highest BCUT2D eigenvalue weighted by atomic mass is 32.1. The van der Waals surface area contributed by atoms with Gasteiger partial charge in [0.15, 0.2) is 0 Å². The second kappa shape index (κ2) is 10.7. The van der Waals surface area contributed by atoms with Gasteiger partial charge in [0, 0.05) is 36.2 Å². The number of ether oxygens (including phenoxy) is 2. The van der Waals surface area contributed by atoms with Gasteiger partial charge < -0.3 is 14.0 Å². The van der Waals surface area contributed by atoms with Crippen molar-refractivity contribution >= 4 is 27.3 Å². The third kappa shape index (κ3) is 5.20. The first-order valence-electron chi connectivity index (χ1n) is 12.8. The third-order valence-corrected chi connectivity index (χ3v) is 8.03. The Bertz CT molecular complexity index is 1550. The lowest BCUT2D eigenvalue weighted by atomic mass is 10.0. The van der Waals surface area contributed by atoms with Crippen molar-refractivity contribution in [3.8, 4) is 11.9 Å². The van der Waals surface area contributed by atoms with Gasteiger partial charge in [-0.1, -0.05) is 18.2 Å². The van der Waals surface area contributed by atoms with Gasteiger partial charge in [-0.15, -0.1) is 11.3 Å². The van der Waals surface area contributed by atoms with E-state index in [0.717, 1.165) is 62.0 Å². The molecule has 6 rings (SSSR count). The molecule has 0 radical (unpaired) electrons. The van der Waals surface area contributed by atoms with Gasteiger partial charge in [0.25, 0.3) is 0 Å². The monoisotopic (exact) mass is 529 g/mol. The SMILES string of the molecule is Cc1cc2c(nc(CN3CC=C(c4cccc(OCc5ccc(C#N)cc5F)n4)CC3)n2CC2CCO2)s1. The molecule has 0 aliphatic carbocycles. The van der Waals surface area contributed by atoms with Gasteiger partial charge in [0.2, 0.25) is 5.88 Å². The molecule has 0 spiro atoms. The number of rotatable bonds is 8. The summed E-state index contributed by atoms with van der Waals surface area (Å²) in [5.41, 5.74) is 3.95. The third-order valence-electron chi connectivity index (χ3n) is 7.10. The van der Waals surface area contributed by atoms with Crippen LogP contribution in [0, 0.1) is 24.1 Å². The van der Waals surface area contributed by atoms with Gasteiger partial charge in [-0.05, 0) is 49.6 Å². The number of hydrogen-bond acceptors (Lipinski definition) is 7. The summed E-state index contributed by atoms with van der Waals surface area (Å²) in [4.78, 5) is 14.4. The minimum absolute atomic E-state index is 0.0519. The minimum atomic E-state index is -0.453. The molecule has 0 N–H and O–H groups in total. The Kier molecular flexibility index (Phi) is 6.94. The van der Waals surface area contributed by atoms with E-state index >= 15 is 0 Å². The Hall–Kier alpha value is -3.58. The van der Waals surface area contributed by atoms with Crippen LogP contribution in [0.4, 0.5) is 4.39 Å². The summed E-state index contributed by atoms with van der Waals surface area (Å²) in [6.07, 6.45) is 4.50. The molecule has 2 aliphatic rings. The summed E-state index contributed by atoms with van der Waals surface area (Å²) in [6, 6.07) is 14.2. The van der Waals surface area contributed by atoms with Crippen LogP contribution in [0.5, 0.6) is 5.88 Å². The summed E-state index contributed by atoms with van der Waals surface area (Å²) in [5, 5.41) is 8.92. The largest absolute Gasteiger partial charge is 0.473 e. The van der Waals surface area contributed by atoms with Gasteiger partial charge in [-0.25, -0.2) is 14.4 Å². The Morgan fingerprint density at radius 1 is 1.24 bits per heavy atom. The molecule has 7 nitrogen and oxygen atoms in total. The molecule has 9 heteroatoms. The number of benzene rings is 1. The number of imidazole rings is 1. The molecule has 1 atom stereocenters. The maximum atomic E-state index is 14.2. The van der Waals surface area contributed by atoms with Gasteiger partial charge >= 0.3 is 0 Å². The van der Waals surface area contributed by atoms with E-state index in [-0.39, 0.29) is 18.3 Å². The van der Waals surface area contributed by atoms with Crippen molar-refractivity contribution in [2.45, 2.75) is 45.6 Å². The second-order valence-electron chi connectivity index (χ2n) is 9.75. The average Bonchev–Trinajstić information content (AvgIpc) is 3.41. The summed E-state index contributed by atoms with van der Waals surface area (Å²) in [5.74, 6) is 1.10. The fraction of sp³-hybridized carbons (Fsp3) is 0.345. The standard InChI is InChI=1S/C29H28FN5O2S/c1-19-13-26-29(38-19)33-27(35(26)16-23-9-12-36-23)17-34-10-7-21(8-11-34)25-3-2-4-28(32-25)37-18-22-6-5-20(15-31)14-24(22)30/h2-7,13-14,23H,8-12,16-18H2,1H3.